The first-order valence-corrected chi connectivity index (χ1v) is 5.46. The summed E-state index contributed by atoms with van der Waals surface area (Å²) in [6.45, 7) is 0.890. The molecule has 6 nitrogen and oxygen atoms in total. The molecule has 1 fully saturated rings. The summed E-state index contributed by atoms with van der Waals surface area (Å²) in [5.41, 5.74) is 0.797. The Hall–Kier alpha value is -1.72. The molecule has 0 amide bonds. The minimum Gasteiger partial charge on any atom is -0.476 e. The van der Waals surface area contributed by atoms with Crippen molar-refractivity contribution in [2.24, 2.45) is 5.92 Å². The number of rotatable bonds is 2. The van der Waals surface area contributed by atoms with Crippen LogP contribution in [0.15, 0.2) is 0 Å². The lowest BCUT2D eigenvalue weighted by atomic mass is 10.1. The highest BCUT2D eigenvalue weighted by Crippen LogP contribution is 2.39. The molecule has 1 aromatic rings. The monoisotopic (exact) mass is 222 g/mol. The predicted octanol–water partition coefficient (Wildman–Crippen LogP) is 0.748. The maximum Gasteiger partial charge on any atom is 0.356 e. The lowest BCUT2D eigenvalue weighted by Gasteiger charge is -2.31. The van der Waals surface area contributed by atoms with Crippen molar-refractivity contribution in [3.8, 4) is 0 Å². The number of carboxylic acid groups (broad SMARTS) is 1. The summed E-state index contributed by atoms with van der Waals surface area (Å²) >= 11 is 0. The Bertz CT molecular complexity index is 438. The van der Waals surface area contributed by atoms with Crippen molar-refractivity contribution < 1.29 is 9.90 Å². The summed E-state index contributed by atoms with van der Waals surface area (Å²) < 4.78 is 0. The van der Waals surface area contributed by atoms with Gasteiger partial charge in [0.15, 0.2) is 11.5 Å². The zero-order valence-corrected chi connectivity index (χ0v) is 9.03. The highest BCUT2D eigenvalue weighted by Gasteiger charge is 2.37. The number of carbonyl (C=O) groups is 1. The largest absolute Gasteiger partial charge is 0.476 e. The Morgan fingerprint density at radius 2 is 2.31 bits per heavy atom. The highest BCUT2D eigenvalue weighted by atomic mass is 16.4. The molecule has 0 spiro atoms. The van der Waals surface area contributed by atoms with E-state index >= 15 is 0 Å². The van der Waals surface area contributed by atoms with E-state index in [4.69, 9.17) is 5.11 Å². The Labute approximate surface area is 92.6 Å². The van der Waals surface area contributed by atoms with Crippen LogP contribution in [-0.2, 0) is 0 Å². The maximum absolute atomic E-state index is 11.0. The van der Waals surface area contributed by atoms with E-state index in [2.05, 4.69) is 15.5 Å². The Balaban J connectivity index is 1.96. The van der Waals surface area contributed by atoms with Crippen molar-refractivity contribution in [1.82, 2.24) is 10.2 Å². The molecule has 0 radical (unpaired) electrons. The summed E-state index contributed by atoms with van der Waals surface area (Å²) in [7, 11) is 1.95. The summed E-state index contributed by atoms with van der Waals surface area (Å²) in [4.78, 5) is 13.0. The van der Waals surface area contributed by atoms with Gasteiger partial charge in [-0.1, -0.05) is 0 Å². The number of anilines is 2. The number of nitrogens with one attached hydrogen (secondary N) is 2. The number of aromatic carboxylic acids is 1. The number of aromatic amines is 1. The lowest BCUT2D eigenvalue weighted by Crippen LogP contribution is -2.40. The minimum atomic E-state index is -0.967. The fraction of sp³-hybridized carbons (Fsp3) is 0.600. The van der Waals surface area contributed by atoms with Crippen molar-refractivity contribution in [1.29, 1.82) is 0 Å². The third kappa shape index (κ3) is 1.33. The van der Waals surface area contributed by atoms with Crippen LogP contribution < -0.4 is 10.2 Å². The number of carboxylic acids is 1. The van der Waals surface area contributed by atoms with E-state index in [9.17, 15) is 4.79 Å². The van der Waals surface area contributed by atoms with Gasteiger partial charge in [0, 0.05) is 19.6 Å². The molecular formula is C10H14N4O2. The molecule has 1 unspecified atom stereocenters. The topological polar surface area (TPSA) is 81.2 Å². The van der Waals surface area contributed by atoms with Gasteiger partial charge >= 0.3 is 5.97 Å². The van der Waals surface area contributed by atoms with E-state index in [-0.39, 0.29) is 5.69 Å². The fourth-order valence-electron chi connectivity index (χ4n) is 2.28. The second kappa shape index (κ2) is 3.13. The standard InChI is InChI=1S/C10H14N4O2/c1-14-4-6(5-2-3-5)11-7-8(10(15)16)12-13-9(7)14/h5-6,11H,2-4H2,1H3,(H,12,13)(H,15,16). The van der Waals surface area contributed by atoms with Gasteiger partial charge in [-0.2, -0.15) is 5.10 Å². The third-order valence-electron chi connectivity index (χ3n) is 3.31. The SMILES string of the molecule is CN1CC(C2CC2)Nc2c1n[nH]c2C(=O)O. The Morgan fingerprint density at radius 3 is 2.94 bits per heavy atom. The van der Waals surface area contributed by atoms with Crippen LogP contribution in [0.3, 0.4) is 0 Å². The predicted molar refractivity (Wildman–Crippen MR) is 59.0 cm³/mol. The summed E-state index contributed by atoms with van der Waals surface area (Å²) in [6.07, 6.45) is 2.47. The van der Waals surface area contributed by atoms with Crippen molar-refractivity contribution in [2.75, 3.05) is 23.8 Å². The van der Waals surface area contributed by atoms with Crippen LogP contribution in [0.1, 0.15) is 23.3 Å². The molecule has 0 aromatic carbocycles. The first kappa shape index (κ1) is 9.50. The average Bonchev–Trinajstić information content (AvgIpc) is 2.98. The van der Waals surface area contributed by atoms with E-state index in [1.807, 2.05) is 11.9 Å². The molecule has 1 aliphatic heterocycles. The number of aromatic nitrogens is 2. The fourth-order valence-corrected chi connectivity index (χ4v) is 2.28. The van der Waals surface area contributed by atoms with E-state index < -0.39 is 5.97 Å². The summed E-state index contributed by atoms with van der Waals surface area (Å²) in [5, 5.41) is 18.9. The van der Waals surface area contributed by atoms with Crippen LogP contribution in [0, 0.1) is 5.92 Å². The molecule has 1 aliphatic carbocycles. The summed E-state index contributed by atoms with van der Waals surface area (Å²) in [5.74, 6) is 0.424. The van der Waals surface area contributed by atoms with Crippen molar-refractivity contribution >= 4 is 17.5 Å². The molecule has 0 saturated heterocycles. The van der Waals surface area contributed by atoms with Gasteiger partial charge in [-0.25, -0.2) is 4.79 Å². The first-order valence-electron chi connectivity index (χ1n) is 5.46. The molecule has 3 rings (SSSR count). The van der Waals surface area contributed by atoms with Crippen LogP contribution in [0.25, 0.3) is 0 Å². The molecule has 16 heavy (non-hydrogen) atoms. The normalized spacial score (nSPS) is 23.8. The smallest absolute Gasteiger partial charge is 0.356 e. The van der Waals surface area contributed by atoms with Crippen LogP contribution in [0.2, 0.25) is 0 Å². The number of fused-ring (bicyclic) bond motifs is 1. The van der Waals surface area contributed by atoms with Crippen molar-refractivity contribution in [3.63, 3.8) is 0 Å². The lowest BCUT2D eigenvalue weighted by molar-refractivity contribution is 0.0691. The molecule has 1 saturated carbocycles. The van der Waals surface area contributed by atoms with Gasteiger partial charge in [-0.15, -0.1) is 0 Å². The van der Waals surface area contributed by atoms with Gasteiger partial charge in [0.25, 0.3) is 0 Å². The second-order valence-electron chi connectivity index (χ2n) is 4.57. The number of hydrogen-bond donors (Lipinski definition) is 3. The molecule has 6 heteroatoms. The molecule has 2 aliphatic rings. The van der Waals surface area contributed by atoms with Gasteiger partial charge in [0.05, 0.1) is 0 Å². The van der Waals surface area contributed by atoms with Crippen LogP contribution in [0.4, 0.5) is 11.5 Å². The average molecular weight is 222 g/mol. The van der Waals surface area contributed by atoms with Gasteiger partial charge in [0.2, 0.25) is 0 Å². The van der Waals surface area contributed by atoms with Gasteiger partial charge in [0.1, 0.15) is 5.69 Å². The highest BCUT2D eigenvalue weighted by molar-refractivity contribution is 5.96. The number of hydrogen-bond acceptors (Lipinski definition) is 4. The molecule has 1 atom stereocenters. The maximum atomic E-state index is 11.0. The molecular weight excluding hydrogens is 208 g/mol. The van der Waals surface area contributed by atoms with Crippen LogP contribution >= 0.6 is 0 Å². The molecule has 1 aromatic heterocycles. The Morgan fingerprint density at radius 1 is 1.56 bits per heavy atom. The van der Waals surface area contributed by atoms with Gasteiger partial charge in [-0.3, -0.25) is 5.10 Å². The first-order chi connectivity index (χ1) is 7.66. The van der Waals surface area contributed by atoms with E-state index in [1.54, 1.807) is 0 Å². The number of H-pyrrole nitrogens is 1. The van der Waals surface area contributed by atoms with E-state index in [1.165, 1.54) is 12.8 Å². The van der Waals surface area contributed by atoms with Crippen molar-refractivity contribution in [2.45, 2.75) is 18.9 Å². The molecule has 3 N–H and O–H groups in total. The second-order valence-corrected chi connectivity index (χ2v) is 4.57. The van der Waals surface area contributed by atoms with Gasteiger partial charge in [-0.05, 0) is 18.8 Å². The van der Waals surface area contributed by atoms with Gasteiger partial charge < -0.3 is 15.3 Å². The molecule has 0 bridgehead atoms. The van der Waals surface area contributed by atoms with Crippen LogP contribution in [0.5, 0.6) is 0 Å². The quantitative estimate of drug-likeness (QED) is 0.688. The molecule has 86 valence electrons. The minimum absolute atomic E-state index is 0.159. The Kier molecular flexibility index (Phi) is 1.86. The van der Waals surface area contributed by atoms with Crippen molar-refractivity contribution in [3.05, 3.63) is 5.69 Å². The summed E-state index contributed by atoms with van der Waals surface area (Å²) in [6, 6.07) is 0.355. The molecule has 2 heterocycles. The number of nitrogens with zero attached hydrogens (tertiary/aromatic N) is 2. The zero-order chi connectivity index (χ0) is 11.3. The zero-order valence-electron chi connectivity index (χ0n) is 9.03. The van der Waals surface area contributed by atoms with Crippen LogP contribution in [-0.4, -0.2) is 40.9 Å². The van der Waals surface area contributed by atoms with E-state index in [0.717, 1.165) is 6.54 Å². The third-order valence-corrected chi connectivity index (χ3v) is 3.31. The van der Waals surface area contributed by atoms with E-state index in [0.29, 0.717) is 23.5 Å². The number of likely N-dealkylation sites (N-methyl/N-ethyl adjacent to an activating group) is 1.